The molecule has 0 amide bonds. The van der Waals surface area contributed by atoms with Crippen molar-refractivity contribution in [3.8, 4) is 11.3 Å². The van der Waals surface area contributed by atoms with Crippen molar-refractivity contribution in [3.05, 3.63) is 108 Å². The summed E-state index contributed by atoms with van der Waals surface area (Å²) in [5, 5.41) is 14.1. The van der Waals surface area contributed by atoms with E-state index in [4.69, 9.17) is 9.40 Å². The summed E-state index contributed by atoms with van der Waals surface area (Å²) in [6.45, 7) is 21.0. The Bertz CT molecular complexity index is 2000. The molecule has 1 radical (unpaired) electrons. The average Bonchev–Trinajstić information content (AvgIpc) is 3.73. The number of allylic oxidation sites excluding steroid dienone is 6. The molecule has 6 rings (SSSR count). The zero-order valence-corrected chi connectivity index (χ0v) is 35.2. The largest absolute Gasteiger partial charge is 0.512 e. The maximum atomic E-state index is 12.2. The van der Waals surface area contributed by atoms with Crippen LogP contribution in [0, 0.1) is 29.7 Å². The van der Waals surface area contributed by atoms with Gasteiger partial charge < -0.3 is 9.52 Å². The zero-order valence-electron chi connectivity index (χ0n) is 31.9. The molecule has 1 N–H and O–H groups in total. The minimum Gasteiger partial charge on any atom is -0.512 e. The van der Waals surface area contributed by atoms with Crippen molar-refractivity contribution >= 4 is 44.3 Å². The summed E-state index contributed by atoms with van der Waals surface area (Å²) in [5.41, 5.74) is 5.66. The molecule has 2 aromatic carbocycles. The van der Waals surface area contributed by atoms with Crippen molar-refractivity contribution in [1.82, 2.24) is 4.98 Å². The van der Waals surface area contributed by atoms with Gasteiger partial charge in [0.1, 0.15) is 5.76 Å². The maximum absolute atomic E-state index is 12.2. The average molecular weight is 881 g/mol. The maximum Gasteiger partial charge on any atom is 0.219 e. The molecule has 6 heteroatoms. The second kappa shape index (κ2) is 16.2. The molecule has 51 heavy (non-hydrogen) atoms. The number of carbonyl (C=O) groups is 1. The van der Waals surface area contributed by atoms with Crippen LogP contribution in [0.2, 0.25) is 0 Å². The van der Waals surface area contributed by atoms with Gasteiger partial charge in [0.05, 0.1) is 11.6 Å². The number of hydrogen-bond acceptors (Lipinski definition) is 5. The molecule has 0 saturated heterocycles. The number of fused-ring (bicyclic) bond motifs is 3. The predicted octanol–water partition coefficient (Wildman–Crippen LogP) is 12.9. The number of carbonyl (C=O) groups excluding carboxylic acids is 1. The standard InChI is InChI=1S/C30H26NOS.C15H28O2.Ir/c1-18-17-32-29-28(18)23(27-15-20-10-6-8-12-26(20)33-27)16-25(31-29)21-13-19-9-5-7-11-22(19)24(14-21)30(2,3)4;1-7-14(5,8-2)12(16)11-13(17)15(6,9-3)10-4;/h5-12,14-17,20,26H,1-4H3;11,16H,7-10H2,1-6H3;/q-1;;/b;12-11-;. The molecule has 0 fully saturated rings. The zero-order chi connectivity index (χ0) is 36.4. The van der Waals surface area contributed by atoms with Gasteiger partial charge in [0.2, 0.25) is 5.71 Å². The fourth-order valence-electron chi connectivity index (χ4n) is 6.58. The number of rotatable bonds is 9. The quantitative estimate of drug-likeness (QED) is 0.103. The summed E-state index contributed by atoms with van der Waals surface area (Å²) in [7, 11) is 0. The van der Waals surface area contributed by atoms with Gasteiger partial charge >= 0.3 is 0 Å². The van der Waals surface area contributed by atoms with E-state index in [-0.39, 0.29) is 47.9 Å². The summed E-state index contributed by atoms with van der Waals surface area (Å²) < 4.78 is 5.93. The summed E-state index contributed by atoms with van der Waals surface area (Å²) in [4.78, 5) is 18.4. The van der Waals surface area contributed by atoms with Gasteiger partial charge in [0.15, 0.2) is 5.78 Å². The molecule has 4 aromatic rings. The molecule has 2 aliphatic rings. The van der Waals surface area contributed by atoms with Gasteiger partial charge in [0.25, 0.3) is 0 Å². The number of hydrogen-bond donors (Lipinski definition) is 1. The third-order valence-corrected chi connectivity index (χ3v) is 12.5. The van der Waals surface area contributed by atoms with Crippen LogP contribution < -0.4 is 0 Å². The molecule has 0 bridgehead atoms. The second-order valence-corrected chi connectivity index (χ2v) is 16.7. The Balaban J connectivity index is 0.000000279. The molecule has 0 saturated carbocycles. The van der Waals surface area contributed by atoms with E-state index in [0.29, 0.717) is 16.9 Å². The Kier molecular flexibility index (Phi) is 12.9. The Hall–Kier alpha value is -3.18. The predicted molar refractivity (Wildman–Crippen MR) is 213 cm³/mol. The van der Waals surface area contributed by atoms with Crippen molar-refractivity contribution in [2.24, 2.45) is 16.7 Å². The fraction of sp³-hybridized carbons (Fsp3) is 0.422. The molecular formula is C45H54IrNO3S-. The second-order valence-electron chi connectivity index (χ2n) is 15.4. The first kappa shape index (κ1) is 40.6. The fourth-order valence-corrected chi connectivity index (χ4v) is 7.89. The molecule has 273 valence electrons. The molecular weight excluding hydrogens is 827 g/mol. The van der Waals surface area contributed by atoms with Crippen molar-refractivity contribution < 1.29 is 34.4 Å². The minimum absolute atomic E-state index is 0. The summed E-state index contributed by atoms with van der Waals surface area (Å²) in [6.07, 6.45) is 17.9. The number of aromatic nitrogens is 1. The van der Waals surface area contributed by atoms with E-state index in [1.807, 2.05) is 59.6 Å². The Labute approximate surface area is 323 Å². The van der Waals surface area contributed by atoms with Crippen LogP contribution in [-0.4, -0.2) is 21.1 Å². The van der Waals surface area contributed by atoms with E-state index in [0.717, 1.165) is 53.3 Å². The van der Waals surface area contributed by atoms with Crippen LogP contribution in [-0.2, 0) is 30.3 Å². The van der Waals surface area contributed by atoms with Gasteiger partial charge in [-0.1, -0.05) is 128 Å². The van der Waals surface area contributed by atoms with E-state index in [9.17, 15) is 9.90 Å². The number of nitrogens with zero attached hydrogens (tertiary/aromatic N) is 1. The van der Waals surface area contributed by atoms with E-state index >= 15 is 0 Å². The van der Waals surface area contributed by atoms with Crippen LogP contribution in [0.25, 0.3) is 38.0 Å². The van der Waals surface area contributed by atoms with Gasteiger partial charge in [-0.15, -0.1) is 40.9 Å². The van der Waals surface area contributed by atoms with Crippen molar-refractivity contribution in [2.75, 3.05) is 0 Å². The summed E-state index contributed by atoms with van der Waals surface area (Å²) in [6, 6.07) is 16.7. The smallest absolute Gasteiger partial charge is 0.219 e. The Morgan fingerprint density at radius 2 is 1.61 bits per heavy atom. The van der Waals surface area contributed by atoms with Gasteiger partial charge in [-0.3, -0.25) is 9.78 Å². The molecule has 2 atom stereocenters. The van der Waals surface area contributed by atoms with E-state index in [1.165, 1.54) is 27.5 Å². The van der Waals surface area contributed by atoms with Crippen molar-refractivity contribution in [2.45, 2.75) is 106 Å². The molecule has 2 aromatic heterocycles. The van der Waals surface area contributed by atoms with Crippen LogP contribution in [0.5, 0.6) is 0 Å². The number of pyridine rings is 1. The van der Waals surface area contributed by atoms with Gasteiger partial charge in [-0.05, 0) is 49.1 Å². The summed E-state index contributed by atoms with van der Waals surface area (Å²) >= 11 is 1.93. The Morgan fingerprint density at radius 1 is 0.961 bits per heavy atom. The van der Waals surface area contributed by atoms with E-state index in [1.54, 1.807) is 0 Å². The number of thioether (sulfide) groups is 1. The molecule has 1 aliphatic heterocycles. The van der Waals surface area contributed by atoms with Crippen LogP contribution in [0.4, 0.5) is 0 Å². The SMILES string of the molecule is CCC(C)(CC)C(=O)/C=C(\O)C(C)(CC)CC.Cc1coc2nc(-c3[c-]c4ccccc4c(C(C)(C)C)c3)cc(C3=CC4C=CC=CC4S3)c12.[Ir]. The van der Waals surface area contributed by atoms with Crippen molar-refractivity contribution in [1.29, 1.82) is 0 Å². The van der Waals surface area contributed by atoms with Crippen LogP contribution >= 0.6 is 11.8 Å². The topological polar surface area (TPSA) is 63.3 Å². The monoisotopic (exact) mass is 881 g/mol. The summed E-state index contributed by atoms with van der Waals surface area (Å²) in [5.74, 6) is 0.724. The van der Waals surface area contributed by atoms with E-state index < -0.39 is 0 Å². The first-order valence-corrected chi connectivity index (χ1v) is 19.1. The van der Waals surface area contributed by atoms with Crippen molar-refractivity contribution in [3.63, 3.8) is 0 Å². The van der Waals surface area contributed by atoms with Gasteiger partial charge in [-0.2, -0.15) is 0 Å². The Morgan fingerprint density at radius 3 is 2.24 bits per heavy atom. The molecule has 4 nitrogen and oxygen atoms in total. The van der Waals surface area contributed by atoms with Gasteiger partial charge in [0, 0.05) is 58.8 Å². The minimum atomic E-state index is -0.337. The van der Waals surface area contributed by atoms with Crippen LogP contribution in [0.3, 0.4) is 0 Å². The van der Waals surface area contributed by atoms with Crippen LogP contribution in [0.15, 0.2) is 89.3 Å². The number of benzene rings is 2. The van der Waals surface area contributed by atoms with Crippen LogP contribution in [0.1, 0.15) is 105 Å². The first-order valence-electron chi connectivity index (χ1n) is 18.2. The van der Waals surface area contributed by atoms with Gasteiger partial charge in [-0.25, -0.2) is 0 Å². The normalized spacial score (nSPS) is 17.5. The third-order valence-electron chi connectivity index (χ3n) is 11.2. The molecule has 3 heterocycles. The third kappa shape index (κ3) is 8.40. The number of aliphatic hydroxyl groups is 1. The molecule has 0 spiro atoms. The molecule has 1 aliphatic carbocycles. The molecule has 2 unspecified atom stereocenters. The van der Waals surface area contributed by atoms with E-state index in [2.05, 4.69) is 101 Å². The number of ketones is 1. The number of aryl methyl sites for hydroxylation is 1. The number of aliphatic hydroxyl groups excluding tert-OH is 1. The first-order chi connectivity index (χ1) is 23.7. The number of furan rings is 1.